The topological polar surface area (TPSA) is 40.5 Å². The normalized spacial score (nSPS) is 19.9. The van der Waals surface area contributed by atoms with E-state index in [9.17, 15) is 9.90 Å². The summed E-state index contributed by atoms with van der Waals surface area (Å²) in [6.45, 7) is 8.12. The third kappa shape index (κ3) is 4.13. The van der Waals surface area contributed by atoms with Gasteiger partial charge in [-0.25, -0.2) is 0 Å². The molecule has 0 aliphatic carbocycles. The Morgan fingerprint density at radius 2 is 1.84 bits per heavy atom. The smallest absolute Gasteiger partial charge is 0.307 e. The molecule has 1 aromatic carbocycles. The summed E-state index contributed by atoms with van der Waals surface area (Å²) in [7, 11) is 0. The van der Waals surface area contributed by atoms with Crippen LogP contribution in [-0.4, -0.2) is 29.1 Å². The minimum atomic E-state index is -0.666. The van der Waals surface area contributed by atoms with Crippen LogP contribution >= 0.6 is 11.3 Å². The Morgan fingerprint density at radius 3 is 2.40 bits per heavy atom. The molecule has 25 heavy (non-hydrogen) atoms. The number of benzene rings is 1. The number of aryl methyl sites for hydroxylation is 1. The zero-order valence-electron chi connectivity index (χ0n) is 15.2. The molecular formula is C21H27NO2S. The molecule has 2 aromatic rings. The van der Waals surface area contributed by atoms with Crippen LogP contribution in [-0.2, 0) is 4.79 Å². The SMILES string of the molecule is Cc1ccc(C(c2ccc(C(C)C)cc2)N2CCCC(C(=O)O)C2)s1. The predicted octanol–water partition coefficient (Wildman–Crippen LogP) is 5.07. The maximum absolute atomic E-state index is 11.5. The second-order valence-electron chi connectivity index (χ2n) is 7.34. The van der Waals surface area contributed by atoms with Crippen molar-refractivity contribution in [3.63, 3.8) is 0 Å². The van der Waals surface area contributed by atoms with Gasteiger partial charge in [-0.15, -0.1) is 11.3 Å². The van der Waals surface area contributed by atoms with E-state index in [1.807, 2.05) is 11.3 Å². The highest BCUT2D eigenvalue weighted by atomic mass is 32.1. The minimum Gasteiger partial charge on any atom is -0.481 e. The first-order chi connectivity index (χ1) is 12.0. The number of aliphatic carboxylic acids is 1. The van der Waals surface area contributed by atoms with Gasteiger partial charge in [0, 0.05) is 16.3 Å². The fraction of sp³-hybridized carbons (Fsp3) is 0.476. The molecule has 1 N–H and O–H groups in total. The first-order valence-corrected chi connectivity index (χ1v) is 9.90. The van der Waals surface area contributed by atoms with Gasteiger partial charge in [0.1, 0.15) is 0 Å². The summed E-state index contributed by atoms with van der Waals surface area (Å²) in [4.78, 5) is 16.5. The van der Waals surface area contributed by atoms with E-state index in [1.54, 1.807) is 0 Å². The number of rotatable bonds is 5. The molecule has 0 spiro atoms. The summed E-state index contributed by atoms with van der Waals surface area (Å²) in [6.07, 6.45) is 1.73. The largest absolute Gasteiger partial charge is 0.481 e. The Bertz CT molecular complexity index is 720. The second kappa shape index (κ2) is 7.71. The average Bonchev–Trinajstić information content (AvgIpc) is 3.02. The molecule has 0 amide bonds. The molecular weight excluding hydrogens is 330 g/mol. The van der Waals surface area contributed by atoms with Crippen LogP contribution in [0.5, 0.6) is 0 Å². The number of nitrogens with zero attached hydrogens (tertiary/aromatic N) is 1. The van der Waals surface area contributed by atoms with E-state index in [0.717, 1.165) is 19.4 Å². The Morgan fingerprint density at radius 1 is 1.16 bits per heavy atom. The van der Waals surface area contributed by atoms with Crippen molar-refractivity contribution < 1.29 is 9.90 Å². The molecule has 1 aliphatic heterocycles. The molecule has 0 saturated carbocycles. The van der Waals surface area contributed by atoms with Crippen molar-refractivity contribution in [1.29, 1.82) is 0 Å². The van der Waals surface area contributed by atoms with Crippen molar-refractivity contribution in [3.05, 3.63) is 57.3 Å². The zero-order valence-corrected chi connectivity index (χ0v) is 16.1. The molecule has 2 atom stereocenters. The number of thiophene rings is 1. The van der Waals surface area contributed by atoms with E-state index in [0.29, 0.717) is 12.5 Å². The van der Waals surface area contributed by atoms with Crippen LogP contribution in [0, 0.1) is 12.8 Å². The van der Waals surface area contributed by atoms with Gasteiger partial charge in [0.15, 0.2) is 0 Å². The molecule has 0 bridgehead atoms. The fourth-order valence-electron chi connectivity index (χ4n) is 3.66. The van der Waals surface area contributed by atoms with Crippen molar-refractivity contribution >= 4 is 17.3 Å². The Kier molecular flexibility index (Phi) is 5.60. The lowest BCUT2D eigenvalue weighted by Gasteiger charge is -2.37. The van der Waals surface area contributed by atoms with Crippen molar-refractivity contribution in [3.8, 4) is 0 Å². The molecule has 134 valence electrons. The van der Waals surface area contributed by atoms with Gasteiger partial charge >= 0.3 is 5.97 Å². The van der Waals surface area contributed by atoms with Gasteiger partial charge < -0.3 is 5.11 Å². The van der Waals surface area contributed by atoms with Gasteiger partial charge in [0.2, 0.25) is 0 Å². The van der Waals surface area contributed by atoms with Crippen LogP contribution in [0.4, 0.5) is 0 Å². The molecule has 4 heteroatoms. The van der Waals surface area contributed by atoms with Crippen LogP contribution < -0.4 is 0 Å². The quantitative estimate of drug-likeness (QED) is 0.812. The lowest BCUT2D eigenvalue weighted by Crippen LogP contribution is -2.41. The summed E-state index contributed by atoms with van der Waals surface area (Å²) in [5.41, 5.74) is 2.60. The van der Waals surface area contributed by atoms with Crippen molar-refractivity contribution in [2.45, 2.75) is 45.6 Å². The first-order valence-electron chi connectivity index (χ1n) is 9.08. The lowest BCUT2D eigenvalue weighted by molar-refractivity contribution is -0.143. The lowest BCUT2D eigenvalue weighted by atomic mass is 9.93. The monoisotopic (exact) mass is 357 g/mol. The molecule has 1 aromatic heterocycles. The minimum absolute atomic E-state index is 0.155. The molecule has 1 fully saturated rings. The van der Waals surface area contributed by atoms with Crippen LogP contribution in [0.3, 0.4) is 0 Å². The van der Waals surface area contributed by atoms with E-state index in [1.165, 1.54) is 20.9 Å². The van der Waals surface area contributed by atoms with E-state index < -0.39 is 5.97 Å². The molecule has 2 heterocycles. The Hall–Kier alpha value is -1.65. The van der Waals surface area contributed by atoms with Crippen LogP contribution in [0.15, 0.2) is 36.4 Å². The number of likely N-dealkylation sites (tertiary alicyclic amines) is 1. The van der Waals surface area contributed by atoms with Gasteiger partial charge in [-0.2, -0.15) is 0 Å². The summed E-state index contributed by atoms with van der Waals surface area (Å²) >= 11 is 1.82. The average molecular weight is 358 g/mol. The standard InChI is InChI=1S/C21H27NO2S/c1-14(2)16-7-9-17(10-8-16)20(19-11-6-15(3)25-19)22-12-4-5-18(13-22)21(23)24/h6-11,14,18,20H,4-5,12-13H2,1-3H3,(H,23,24). The highest BCUT2D eigenvalue weighted by Crippen LogP contribution is 2.36. The van der Waals surface area contributed by atoms with Crippen molar-refractivity contribution in [2.75, 3.05) is 13.1 Å². The van der Waals surface area contributed by atoms with Crippen molar-refractivity contribution in [2.24, 2.45) is 5.92 Å². The fourth-order valence-corrected chi connectivity index (χ4v) is 4.70. The predicted molar refractivity (Wildman–Crippen MR) is 103 cm³/mol. The van der Waals surface area contributed by atoms with Gasteiger partial charge in [-0.05, 0) is 55.5 Å². The maximum Gasteiger partial charge on any atom is 0.307 e. The number of carboxylic acids is 1. The summed E-state index contributed by atoms with van der Waals surface area (Å²) < 4.78 is 0. The van der Waals surface area contributed by atoms with Crippen LogP contribution in [0.2, 0.25) is 0 Å². The molecule has 0 radical (unpaired) electrons. The van der Waals surface area contributed by atoms with E-state index in [4.69, 9.17) is 0 Å². The second-order valence-corrected chi connectivity index (χ2v) is 8.66. The third-order valence-electron chi connectivity index (χ3n) is 5.12. The van der Waals surface area contributed by atoms with Crippen LogP contribution in [0.25, 0.3) is 0 Å². The van der Waals surface area contributed by atoms with Gasteiger partial charge in [0.25, 0.3) is 0 Å². The summed E-state index contributed by atoms with van der Waals surface area (Å²) in [5, 5.41) is 9.46. The zero-order chi connectivity index (χ0) is 18.0. The molecule has 1 aliphatic rings. The molecule has 3 nitrogen and oxygen atoms in total. The molecule has 1 saturated heterocycles. The van der Waals surface area contributed by atoms with E-state index >= 15 is 0 Å². The first kappa shape index (κ1) is 18.2. The van der Waals surface area contributed by atoms with E-state index in [2.05, 4.69) is 62.1 Å². The summed E-state index contributed by atoms with van der Waals surface area (Å²) in [5.74, 6) is -0.406. The highest BCUT2D eigenvalue weighted by molar-refractivity contribution is 7.12. The van der Waals surface area contributed by atoms with Gasteiger partial charge in [-0.1, -0.05) is 38.1 Å². The molecule has 3 rings (SSSR count). The van der Waals surface area contributed by atoms with Gasteiger partial charge in [0.05, 0.1) is 12.0 Å². The number of carboxylic acid groups (broad SMARTS) is 1. The number of hydrogen-bond acceptors (Lipinski definition) is 3. The van der Waals surface area contributed by atoms with Crippen LogP contribution in [0.1, 0.15) is 59.5 Å². The molecule has 2 unspecified atom stereocenters. The summed E-state index contributed by atoms with van der Waals surface area (Å²) in [6, 6.07) is 13.4. The Labute approximate surface area is 154 Å². The van der Waals surface area contributed by atoms with Crippen molar-refractivity contribution in [1.82, 2.24) is 4.90 Å². The number of piperidine rings is 1. The number of hydrogen-bond donors (Lipinski definition) is 1. The Balaban J connectivity index is 1.94. The maximum atomic E-state index is 11.5. The van der Waals surface area contributed by atoms with Gasteiger partial charge in [-0.3, -0.25) is 9.69 Å². The number of carbonyl (C=O) groups is 1. The third-order valence-corrected chi connectivity index (χ3v) is 6.17. The highest BCUT2D eigenvalue weighted by Gasteiger charge is 2.31. The van der Waals surface area contributed by atoms with E-state index in [-0.39, 0.29) is 12.0 Å².